The van der Waals surface area contributed by atoms with Gasteiger partial charge < -0.3 is 10.1 Å². The lowest BCUT2D eigenvalue weighted by Gasteiger charge is -2.01. The third kappa shape index (κ3) is 3.38. The maximum atomic E-state index is 4.93. The first kappa shape index (κ1) is 10.6. The summed E-state index contributed by atoms with van der Waals surface area (Å²) in [6, 6.07) is 0. The number of rotatable bonds is 6. The molecule has 1 rings (SSSR count). The van der Waals surface area contributed by atoms with Gasteiger partial charge in [-0.05, 0) is 18.0 Å². The number of nitrogens with one attached hydrogen (secondary N) is 1. The highest BCUT2D eigenvalue weighted by atomic mass is 32.1. The maximum Gasteiger partial charge on any atom is 0.0797 e. The van der Waals surface area contributed by atoms with Crippen LogP contribution in [0.4, 0.5) is 0 Å². The summed E-state index contributed by atoms with van der Waals surface area (Å²) in [6.07, 6.45) is 0.956. The van der Waals surface area contributed by atoms with Crippen LogP contribution in [0.3, 0.4) is 0 Å². The molecule has 0 unspecified atom stereocenters. The molecule has 0 bridgehead atoms. The van der Waals surface area contributed by atoms with Gasteiger partial charge in [-0.2, -0.15) is 0 Å². The third-order valence-electron chi connectivity index (χ3n) is 1.74. The van der Waals surface area contributed by atoms with Crippen LogP contribution in [0.5, 0.6) is 0 Å². The lowest BCUT2D eigenvalue weighted by Crippen LogP contribution is -2.18. The minimum Gasteiger partial charge on any atom is -0.383 e. The van der Waals surface area contributed by atoms with Gasteiger partial charge in [-0.1, -0.05) is 11.4 Å². The Morgan fingerprint density at radius 3 is 3.08 bits per heavy atom. The summed E-state index contributed by atoms with van der Waals surface area (Å²) in [6.45, 7) is 4.56. The van der Waals surface area contributed by atoms with Crippen LogP contribution in [0, 0.1) is 0 Å². The summed E-state index contributed by atoms with van der Waals surface area (Å²) < 4.78 is 8.84. The molecule has 0 aliphatic heterocycles. The van der Waals surface area contributed by atoms with Gasteiger partial charge in [0, 0.05) is 20.2 Å². The molecule has 0 saturated carbocycles. The van der Waals surface area contributed by atoms with E-state index in [0.717, 1.165) is 31.8 Å². The van der Waals surface area contributed by atoms with E-state index in [-0.39, 0.29) is 0 Å². The zero-order valence-electron chi connectivity index (χ0n) is 8.04. The van der Waals surface area contributed by atoms with E-state index in [4.69, 9.17) is 4.74 Å². The van der Waals surface area contributed by atoms with Gasteiger partial charge in [0.15, 0.2) is 0 Å². The molecule has 0 aromatic carbocycles. The number of ether oxygens (including phenoxy) is 1. The maximum absolute atomic E-state index is 4.93. The molecule has 1 heterocycles. The van der Waals surface area contributed by atoms with Crippen molar-refractivity contribution in [3.8, 4) is 0 Å². The average Bonchev–Trinajstić information content (AvgIpc) is 2.60. The topological polar surface area (TPSA) is 47.0 Å². The number of nitrogens with zero attached hydrogens (tertiary/aromatic N) is 2. The zero-order valence-corrected chi connectivity index (χ0v) is 8.86. The molecule has 0 fully saturated rings. The van der Waals surface area contributed by atoms with Crippen LogP contribution >= 0.6 is 11.5 Å². The van der Waals surface area contributed by atoms with Crippen molar-refractivity contribution in [1.29, 1.82) is 0 Å². The molecule has 1 aromatic rings. The molecule has 5 heteroatoms. The number of aryl methyl sites for hydroxylation is 1. The molecule has 0 radical (unpaired) electrons. The van der Waals surface area contributed by atoms with E-state index in [0.29, 0.717) is 0 Å². The Morgan fingerprint density at radius 1 is 1.54 bits per heavy atom. The van der Waals surface area contributed by atoms with Gasteiger partial charge in [-0.25, -0.2) is 0 Å². The third-order valence-corrected chi connectivity index (χ3v) is 2.50. The molecule has 0 amide bonds. The first-order valence-corrected chi connectivity index (χ1v) is 5.15. The Balaban J connectivity index is 2.27. The minimum absolute atomic E-state index is 0.744. The van der Waals surface area contributed by atoms with Crippen molar-refractivity contribution in [2.45, 2.75) is 19.9 Å². The van der Waals surface area contributed by atoms with Crippen LogP contribution in [0.1, 0.15) is 17.5 Å². The Bertz CT molecular complexity index is 239. The number of hydrogen-bond donors (Lipinski definition) is 1. The molecule has 1 N–H and O–H groups in total. The van der Waals surface area contributed by atoms with Gasteiger partial charge in [0.2, 0.25) is 0 Å². The summed E-state index contributed by atoms with van der Waals surface area (Å²) in [5.74, 6) is 0. The molecule has 0 aliphatic carbocycles. The van der Waals surface area contributed by atoms with Crippen molar-refractivity contribution in [2.75, 3.05) is 20.3 Å². The molecule has 74 valence electrons. The average molecular weight is 201 g/mol. The molecule has 4 nitrogen and oxygen atoms in total. The molecular formula is C8H15N3OS. The van der Waals surface area contributed by atoms with E-state index < -0.39 is 0 Å². The van der Waals surface area contributed by atoms with Crippen molar-refractivity contribution in [1.82, 2.24) is 14.9 Å². The molecule has 13 heavy (non-hydrogen) atoms. The standard InChI is InChI=1S/C8H15N3OS/c1-3-7-8(13-11-10-7)6-9-4-5-12-2/h9H,3-6H2,1-2H3. The summed E-state index contributed by atoms with van der Waals surface area (Å²) in [5, 5.41) is 7.30. The minimum atomic E-state index is 0.744. The molecule has 1 aromatic heterocycles. The molecule has 0 atom stereocenters. The van der Waals surface area contributed by atoms with Crippen molar-refractivity contribution in [3.63, 3.8) is 0 Å². The van der Waals surface area contributed by atoms with Crippen LogP contribution < -0.4 is 5.32 Å². The predicted octanol–water partition coefficient (Wildman–Crippen LogP) is 0.837. The van der Waals surface area contributed by atoms with E-state index in [2.05, 4.69) is 21.8 Å². The van der Waals surface area contributed by atoms with Crippen molar-refractivity contribution in [3.05, 3.63) is 10.6 Å². The van der Waals surface area contributed by atoms with Crippen LogP contribution in [-0.4, -0.2) is 29.8 Å². The summed E-state index contributed by atoms with van der Waals surface area (Å²) in [5.41, 5.74) is 1.11. The Morgan fingerprint density at radius 2 is 2.38 bits per heavy atom. The van der Waals surface area contributed by atoms with Crippen molar-refractivity contribution < 1.29 is 4.74 Å². The van der Waals surface area contributed by atoms with Crippen molar-refractivity contribution >= 4 is 11.5 Å². The fourth-order valence-corrected chi connectivity index (χ4v) is 1.70. The largest absolute Gasteiger partial charge is 0.383 e. The van der Waals surface area contributed by atoms with Crippen LogP contribution in [0.2, 0.25) is 0 Å². The van der Waals surface area contributed by atoms with Crippen molar-refractivity contribution in [2.24, 2.45) is 0 Å². The highest BCUT2D eigenvalue weighted by Gasteiger charge is 2.04. The SMILES string of the molecule is CCc1nnsc1CNCCOC. The fourth-order valence-electron chi connectivity index (χ4n) is 1.01. The van der Waals surface area contributed by atoms with Gasteiger partial charge in [-0.3, -0.25) is 0 Å². The Hall–Kier alpha value is -0.520. The number of hydrogen-bond acceptors (Lipinski definition) is 5. The lowest BCUT2D eigenvalue weighted by atomic mass is 10.3. The van der Waals surface area contributed by atoms with Crippen LogP contribution in [-0.2, 0) is 17.7 Å². The predicted molar refractivity (Wildman–Crippen MR) is 52.9 cm³/mol. The smallest absolute Gasteiger partial charge is 0.0797 e. The fraction of sp³-hybridized carbons (Fsp3) is 0.750. The monoisotopic (exact) mass is 201 g/mol. The van der Waals surface area contributed by atoms with Gasteiger partial charge in [0.05, 0.1) is 17.2 Å². The Kier molecular flexibility index (Phi) is 4.88. The lowest BCUT2D eigenvalue weighted by molar-refractivity contribution is 0.199. The van der Waals surface area contributed by atoms with E-state index in [1.807, 2.05) is 0 Å². The first-order chi connectivity index (χ1) is 6.38. The summed E-state index contributed by atoms with van der Waals surface area (Å²) >= 11 is 1.47. The molecule has 0 aliphatic rings. The quantitative estimate of drug-likeness (QED) is 0.693. The van der Waals surface area contributed by atoms with E-state index in [1.54, 1.807) is 7.11 Å². The summed E-state index contributed by atoms with van der Waals surface area (Å²) in [7, 11) is 1.70. The van der Waals surface area contributed by atoms with E-state index in [1.165, 1.54) is 16.4 Å². The van der Waals surface area contributed by atoms with Crippen LogP contribution in [0.25, 0.3) is 0 Å². The van der Waals surface area contributed by atoms with Gasteiger partial charge in [0.25, 0.3) is 0 Å². The second-order valence-corrected chi connectivity index (χ2v) is 3.50. The Labute approximate surface area is 82.5 Å². The molecule has 0 spiro atoms. The second-order valence-electron chi connectivity index (χ2n) is 2.67. The number of aromatic nitrogens is 2. The normalized spacial score (nSPS) is 10.6. The first-order valence-electron chi connectivity index (χ1n) is 4.38. The molecular weight excluding hydrogens is 186 g/mol. The van der Waals surface area contributed by atoms with Gasteiger partial charge in [0.1, 0.15) is 0 Å². The van der Waals surface area contributed by atoms with E-state index in [9.17, 15) is 0 Å². The second kappa shape index (κ2) is 6.01. The molecule has 0 saturated heterocycles. The summed E-state index contributed by atoms with van der Waals surface area (Å²) in [4.78, 5) is 1.23. The van der Waals surface area contributed by atoms with Crippen LogP contribution in [0.15, 0.2) is 0 Å². The number of methoxy groups -OCH3 is 1. The van der Waals surface area contributed by atoms with E-state index >= 15 is 0 Å². The van der Waals surface area contributed by atoms with Gasteiger partial charge in [-0.15, -0.1) is 5.10 Å². The highest BCUT2D eigenvalue weighted by molar-refractivity contribution is 7.05. The van der Waals surface area contributed by atoms with Gasteiger partial charge >= 0.3 is 0 Å². The zero-order chi connectivity index (χ0) is 9.52. The highest BCUT2D eigenvalue weighted by Crippen LogP contribution is 2.09.